The Labute approximate surface area is 134 Å². The monoisotopic (exact) mass is 316 g/mol. The van der Waals surface area contributed by atoms with Crippen LogP contribution in [0, 0.1) is 5.92 Å². The number of aliphatic hydroxyl groups excluding tert-OH is 1. The summed E-state index contributed by atoms with van der Waals surface area (Å²) in [4.78, 5) is 19.0. The molecule has 0 saturated heterocycles. The van der Waals surface area contributed by atoms with Gasteiger partial charge in [-0.05, 0) is 25.0 Å². The quantitative estimate of drug-likeness (QED) is 0.883. The maximum atomic E-state index is 12.6. The zero-order valence-corrected chi connectivity index (χ0v) is 13.4. The number of amides is 1. The van der Waals surface area contributed by atoms with Crippen molar-refractivity contribution in [3.8, 4) is 0 Å². The number of benzene rings is 1. The molecule has 1 heterocycles. The molecule has 1 aromatic carbocycles. The van der Waals surface area contributed by atoms with Crippen molar-refractivity contribution in [3.05, 3.63) is 41.4 Å². The van der Waals surface area contributed by atoms with Crippen LogP contribution in [0.25, 0.3) is 10.2 Å². The number of allylic oxidation sites excluding steroid dienone is 2. The molecule has 0 bridgehead atoms. The third kappa shape index (κ3) is 2.91. The lowest BCUT2D eigenvalue weighted by atomic mass is 9.82. The average molecular weight is 316 g/mol. The summed E-state index contributed by atoms with van der Waals surface area (Å²) in [6.07, 6.45) is 5.82. The Hall–Kier alpha value is -1.72. The van der Waals surface area contributed by atoms with E-state index < -0.39 is 0 Å². The minimum atomic E-state index is -0.0814. The molecular formula is C17H20N2O2S. The third-order valence-corrected chi connectivity index (χ3v) is 5.36. The lowest BCUT2D eigenvalue weighted by molar-refractivity contribution is -0.135. The Morgan fingerprint density at radius 1 is 1.36 bits per heavy atom. The first-order chi connectivity index (χ1) is 10.7. The summed E-state index contributed by atoms with van der Waals surface area (Å²) >= 11 is 1.68. The molecule has 3 rings (SSSR count). The van der Waals surface area contributed by atoms with Gasteiger partial charge in [0.1, 0.15) is 0 Å². The minimum Gasteiger partial charge on any atom is -0.395 e. The topological polar surface area (TPSA) is 53.4 Å². The van der Waals surface area contributed by atoms with Crippen LogP contribution in [0.1, 0.15) is 23.8 Å². The van der Waals surface area contributed by atoms with Gasteiger partial charge in [0, 0.05) is 19.5 Å². The molecule has 1 aliphatic carbocycles. The second-order valence-corrected chi connectivity index (χ2v) is 6.72. The summed E-state index contributed by atoms with van der Waals surface area (Å²) in [6, 6.07) is 8.10. The molecule has 0 aliphatic heterocycles. The number of likely N-dealkylation sites (N-methyl/N-ethyl adjacent to an activating group) is 1. The highest BCUT2D eigenvalue weighted by atomic mass is 32.1. The molecule has 0 radical (unpaired) electrons. The molecule has 4 nitrogen and oxygen atoms in total. The van der Waals surface area contributed by atoms with Crippen LogP contribution in [0.4, 0.5) is 0 Å². The summed E-state index contributed by atoms with van der Waals surface area (Å²) < 4.78 is 1.17. The van der Waals surface area contributed by atoms with Crippen LogP contribution in [-0.2, 0) is 4.79 Å². The van der Waals surface area contributed by atoms with E-state index >= 15 is 0 Å². The number of rotatable bonds is 4. The Balaban J connectivity index is 1.89. The maximum absolute atomic E-state index is 12.6. The first-order valence-electron chi connectivity index (χ1n) is 7.57. The van der Waals surface area contributed by atoms with Crippen LogP contribution in [-0.4, -0.2) is 41.1 Å². The van der Waals surface area contributed by atoms with Crippen LogP contribution >= 0.6 is 11.3 Å². The Bertz CT molecular complexity index is 662. The lowest BCUT2D eigenvalue weighted by Crippen LogP contribution is -2.38. The molecule has 1 aromatic heterocycles. The molecule has 0 fully saturated rings. The van der Waals surface area contributed by atoms with Crippen LogP contribution in [0.2, 0.25) is 0 Å². The molecule has 2 unspecified atom stereocenters. The maximum Gasteiger partial charge on any atom is 0.226 e. The molecule has 116 valence electrons. The van der Waals surface area contributed by atoms with Gasteiger partial charge in [0.15, 0.2) is 0 Å². The molecule has 1 aliphatic rings. The highest BCUT2D eigenvalue weighted by Gasteiger charge is 2.33. The second-order valence-electron chi connectivity index (χ2n) is 5.66. The number of aromatic nitrogens is 1. The van der Waals surface area contributed by atoms with Gasteiger partial charge in [0.2, 0.25) is 5.91 Å². The highest BCUT2D eigenvalue weighted by Crippen LogP contribution is 2.39. The number of carbonyl (C=O) groups is 1. The van der Waals surface area contributed by atoms with Gasteiger partial charge in [0.05, 0.1) is 27.7 Å². The summed E-state index contributed by atoms with van der Waals surface area (Å²) in [7, 11) is 1.76. The van der Waals surface area contributed by atoms with E-state index in [4.69, 9.17) is 10.1 Å². The van der Waals surface area contributed by atoms with Gasteiger partial charge in [0.25, 0.3) is 0 Å². The summed E-state index contributed by atoms with van der Waals surface area (Å²) in [5.74, 6) is 0.154. The smallest absolute Gasteiger partial charge is 0.226 e. The van der Waals surface area contributed by atoms with Crippen LogP contribution < -0.4 is 0 Å². The second kappa shape index (κ2) is 6.58. The Morgan fingerprint density at radius 3 is 2.91 bits per heavy atom. The molecule has 1 N–H and O–H groups in total. The predicted molar refractivity (Wildman–Crippen MR) is 88.9 cm³/mol. The van der Waals surface area contributed by atoms with Gasteiger partial charge in [-0.2, -0.15) is 0 Å². The van der Waals surface area contributed by atoms with E-state index in [1.165, 1.54) is 4.70 Å². The number of hydrogen-bond donors (Lipinski definition) is 1. The minimum absolute atomic E-state index is 0.00337. The molecule has 2 atom stereocenters. The number of fused-ring (bicyclic) bond motifs is 1. The summed E-state index contributed by atoms with van der Waals surface area (Å²) in [5.41, 5.74) is 1.01. The van der Waals surface area contributed by atoms with Gasteiger partial charge in [-0.1, -0.05) is 24.3 Å². The van der Waals surface area contributed by atoms with E-state index in [1.807, 2.05) is 18.2 Å². The Morgan fingerprint density at radius 2 is 2.14 bits per heavy atom. The van der Waals surface area contributed by atoms with Crippen molar-refractivity contribution in [3.63, 3.8) is 0 Å². The predicted octanol–water partition coefficient (Wildman–Crippen LogP) is 2.80. The van der Waals surface area contributed by atoms with Crippen LogP contribution in [0.3, 0.4) is 0 Å². The van der Waals surface area contributed by atoms with Gasteiger partial charge < -0.3 is 10.0 Å². The van der Waals surface area contributed by atoms with Gasteiger partial charge >= 0.3 is 0 Å². The van der Waals surface area contributed by atoms with Crippen molar-refractivity contribution >= 4 is 27.5 Å². The van der Waals surface area contributed by atoms with E-state index in [9.17, 15) is 4.79 Å². The SMILES string of the molecule is CN(CCO)C(=O)C1CC=CCC1c1nc2ccccc2s1. The normalized spacial score (nSPS) is 21.2. The third-order valence-electron chi connectivity index (χ3n) is 4.19. The van der Waals surface area contributed by atoms with E-state index in [-0.39, 0.29) is 24.3 Å². The van der Waals surface area contributed by atoms with Crippen molar-refractivity contribution in [2.24, 2.45) is 5.92 Å². The number of carbonyl (C=O) groups excluding carboxylic acids is 1. The molecule has 22 heavy (non-hydrogen) atoms. The van der Waals surface area contributed by atoms with Crippen LogP contribution in [0.15, 0.2) is 36.4 Å². The van der Waals surface area contributed by atoms with Gasteiger partial charge in [-0.15, -0.1) is 11.3 Å². The van der Waals surface area contributed by atoms with E-state index in [0.717, 1.165) is 23.4 Å². The molecule has 1 amide bonds. The van der Waals surface area contributed by atoms with E-state index in [2.05, 4.69) is 18.2 Å². The van der Waals surface area contributed by atoms with E-state index in [0.29, 0.717) is 6.54 Å². The lowest BCUT2D eigenvalue weighted by Gasteiger charge is -2.29. The molecular weight excluding hydrogens is 296 g/mol. The first kappa shape index (κ1) is 15.2. The summed E-state index contributed by atoms with van der Waals surface area (Å²) in [5, 5.41) is 10.1. The standard InChI is InChI=1S/C17H20N2O2S/c1-19(10-11-20)17(21)13-7-3-2-6-12(13)16-18-14-8-4-5-9-15(14)22-16/h2-5,8-9,12-13,20H,6-7,10-11H2,1H3. The van der Waals surface area contributed by atoms with Crippen LogP contribution in [0.5, 0.6) is 0 Å². The number of thiazole rings is 1. The zero-order valence-electron chi connectivity index (χ0n) is 12.6. The average Bonchev–Trinajstić information content (AvgIpc) is 2.98. The number of nitrogens with zero attached hydrogens (tertiary/aromatic N) is 2. The van der Waals surface area contributed by atoms with Gasteiger partial charge in [-0.25, -0.2) is 4.98 Å². The van der Waals surface area contributed by atoms with Crippen molar-refractivity contribution < 1.29 is 9.90 Å². The first-order valence-corrected chi connectivity index (χ1v) is 8.38. The largest absolute Gasteiger partial charge is 0.395 e. The van der Waals surface area contributed by atoms with Crippen molar-refractivity contribution in [2.45, 2.75) is 18.8 Å². The Kier molecular flexibility index (Phi) is 4.55. The summed E-state index contributed by atoms with van der Waals surface area (Å²) in [6.45, 7) is 0.377. The van der Waals surface area contributed by atoms with E-state index in [1.54, 1.807) is 23.3 Å². The number of hydrogen-bond acceptors (Lipinski definition) is 4. The number of para-hydroxylation sites is 1. The van der Waals surface area contributed by atoms with Crippen molar-refractivity contribution in [1.82, 2.24) is 9.88 Å². The fourth-order valence-corrected chi connectivity index (χ4v) is 4.10. The van der Waals surface area contributed by atoms with Gasteiger partial charge in [-0.3, -0.25) is 4.79 Å². The molecule has 0 saturated carbocycles. The molecule has 5 heteroatoms. The fourth-order valence-electron chi connectivity index (χ4n) is 2.95. The molecule has 2 aromatic rings. The van der Waals surface area contributed by atoms with Crippen molar-refractivity contribution in [1.29, 1.82) is 0 Å². The number of aliphatic hydroxyl groups is 1. The highest BCUT2D eigenvalue weighted by molar-refractivity contribution is 7.18. The van der Waals surface area contributed by atoms with Crippen molar-refractivity contribution in [2.75, 3.05) is 20.2 Å². The zero-order chi connectivity index (χ0) is 15.5. The molecule has 0 spiro atoms. The fraction of sp³-hybridized carbons (Fsp3) is 0.412.